The average Bonchev–Trinajstić information content (AvgIpc) is 2.37. The molecule has 0 radical (unpaired) electrons. The highest BCUT2D eigenvalue weighted by molar-refractivity contribution is 5.96. The van der Waals surface area contributed by atoms with Crippen LogP contribution in [0.3, 0.4) is 0 Å². The lowest BCUT2D eigenvalue weighted by Crippen LogP contribution is -2.25. The van der Waals surface area contributed by atoms with Crippen molar-refractivity contribution in [2.75, 3.05) is 27.2 Å². The third-order valence-corrected chi connectivity index (χ3v) is 2.56. The Morgan fingerprint density at radius 2 is 2.11 bits per heavy atom. The van der Waals surface area contributed by atoms with Gasteiger partial charge < -0.3 is 15.3 Å². The smallest absolute Gasteiger partial charge is 0.354 e. The van der Waals surface area contributed by atoms with E-state index in [0.717, 1.165) is 19.4 Å². The molecule has 1 heterocycles. The van der Waals surface area contributed by atoms with E-state index < -0.39 is 5.97 Å². The maximum atomic E-state index is 11.8. The molecule has 0 aliphatic rings. The zero-order chi connectivity index (χ0) is 14.3. The van der Waals surface area contributed by atoms with Crippen LogP contribution in [0.15, 0.2) is 18.3 Å². The van der Waals surface area contributed by atoms with Gasteiger partial charge in [0.05, 0.1) is 0 Å². The highest BCUT2D eigenvalue weighted by atomic mass is 16.4. The van der Waals surface area contributed by atoms with Gasteiger partial charge in [0.15, 0.2) is 0 Å². The number of aromatic nitrogens is 1. The summed E-state index contributed by atoms with van der Waals surface area (Å²) in [5, 5.41) is 11.6. The molecule has 6 nitrogen and oxygen atoms in total. The first-order valence-corrected chi connectivity index (χ1v) is 6.13. The molecule has 1 aromatic heterocycles. The molecule has 1 amide bonds. The number of rotatable bonds is 7. The molecule has 0 aliphatic heterocycles. The lowest BCUT2D eigenvalue weighted by molar-refractivity contribution is 0.0690. The summed E-state index contributed by atoms with van der Waals surface area (Å²) in [5.41, 5.74) is 0.195. The fourth-order valence-electron chi connectivity index (χ4n) is 1.55. The Morgan fingerprint density at radius 1 is 1.37 bits per heavy atom. The summed E-state index contributed by atoms with van der Waals surface area (Å²) in [4.78, 5) is 28.3. The van der Waals surface area contributed by atoms with E-state index in [2.05, 4.69) is 15.2 Å². The minimum atomic E-state index is -1.14. The van der Waals surface area contributed by atoms with E-state index in [1.165, 1.54) is 18.3 Å². The summed E-state index contributed by atoms with van der Waals surface area (Å²) < 4.78 is 0. The molecule has 0 saturated heterocycles. The van der Waals surface area contributed by atoms with Crippen molar-refractivity contribution in [2.45, 2.75) is 12.8 Å². The van der Waals surface area contributed by atoms with Gasteiger partial charge in [-0.1, -0.05) is 0 Å². The topological polar surface area (TPSA) is 82.5 Å². The number of hydrogen-bond acceptors (Lipinski definition) is 4. The molecule has 0 saturated carbocycles. The Morgan fingerprint density at radius 3 is 2.74 bits per heavy atom. The van der Waals surface area contributed by atoms with Crippen LogP contribution in [-0.4, -0.2) is 54.1 Å². The van der Waals surface area contributed by atoms with E-state index in [0.29, 0.717) is 12.1 Å². The van der Waals surface area contributed by atoms with Crippen molar-refractivity contribution < 1.29 is 14.7 Å². The van der Waals surface area contributed by atoms with Crippen LogP contribution in [0, 0.1) is 0 Å². The number of unbranched alkanes of at least 4 members (excludes halogenated alkanes) is 1. The lowest BCUT2D eigenvalue weighted by atomic mass is 10.2. The van der Waals surface area contributed by atoms with Crippen LogP contribution < -0.4 is 5.32 Å². The number of amides is 1. The molecular weight excluding hydrogens is 246 g/mol. The Kier molecular flexibility index (Phi) is 5.95. The molecule has 0 aromatic carbocycles. The maximum absolute atomic E-state index is 11.8. The number of nitrogens with one attached hydrogen (secondary N) is 1. The van der Waals surface area contributed by atoms with Crippen LogP contribution in [0.25, 0.3) is 0 Å². The second kappa shape index (κ2) is 7.48. The highest BCUT2D eigenvalue weighted by Crippen LogP contribution is 2.02. The predicted octanol–water partition coefficient (Wildman–Crippen LogP) is 0.851. The van der Waals surface area contributed by atoms with Crippen LogP contribution >= 0.6 is 0 Å². The molecule has 0 bridgehead atoms. The third kappa shape index (κ3) is 5.48. The number of hydrogen-bond donors (Lipinski definition) is 2. The molecule has 104 valence electrons. The average molecular weight is 265 g/mol. The minimum Gasteiger partial charge on any atom is -0.477 e. The maximum Gasteiger partial charge on any atom is 0.354 e. The van der Waals surface area contributed by atoms with E-state index in [4.69, 9.17) is 5.11 Å². The van der Waals surface area contributed by atoms with Crippen molar-refractivity contribution in [3.63, 3.8) is 0 Å². The van der Waals surface area contributed by atoms with Crippen LogP contribution in [0.2, 0.25) is 0 Å². The first kappa shape index (κ1) is 15.1. The zero-order valence-electron chi connectivity index (χ0n) is 11.2. The summed E-state index contributed by atoms with van der Waals surface area (Å²) in [6, 6.07) is 2.78. The number of carbonyl (C=O) groups is 2. The van der Waals surface area contributed by atoms with Gasteiger partial charge in [-0.25, -0.2) is 9.78 Å². The first-order valence-electron chi connectivity index (χ1n) is 6.13. The van der Waals surface area contributed by atoms with E-state index in [1.807, 2.05) is 14.1 Å². The quantitative estimate of drug-likeness (QED) is 0.714. The normalized spacial score (nSPS) is 10.5. The Bertz CT molecular complexity index is 447. The minimum absolute atomic E-state index is 0.125. The van der Waals surface area contributed by atoms with Crippen molar-refractivity contribution in [1.29, 1.82) is 0 Å². The molecule has 0 spiro atoms. The Labute approximate surface area is 112 Å². The molecule has 0 atom stereocenters. The van der Waals surface area contributed by atoms with Crippen LogP contribution in [0.5, 0.6) is 0 Å². The van der Waals surface area contributed by atoms with E-state index in [-0.39, 0.29) is 11.6 Å². The molecule has 1 aromatic rings. The number of carbonyl (C=O) groups excluding carboxylic acids is 1. The van der Waals surface area contributed by atoms with Gasteiger partial charge in [-0.05, 0) is 45.6 Å². The number of aromatic carboxylic acids is 1. The van der Waals surface area contributed by atoms with Gasteiger partial charge in [0.2, 0.25) is 0 Å². The fraction of sp³-hybridized carbons (Fsp3) is 0.462. The Hall–Kier alpha value is -1.95. The monoisotopic (exact) mass is 265 g/mol. The molecule has 2 N–H and O–H groups in total. The van der Waals surface area contributed by atoms with Gasteiger partial charge in [0.1, 0.15) is 5.69 Å². The Balaban J connectivity index is 2.41. The molecular formula is C13H19N3O3. The molecule has 19 heavy (non-hydrogen) atoms. The predicted molar refractivity (Wildman–Crippen MR) is 71.3 cm³/mol. The second-order valence-corrected chi connectivity index (χ2v) is 4.50. The van der Waals surface area contributed by atoms with Crippen LogP contribution in [0.4, 0.5) is 0 Å². The van der Waals surface area contributed by atoms with Gasteiger partial charge in [-0.3, -0.25) is 4.79 Å². The standard InChI is InChI=1S/C13H19N3O3/c1-16(2)8-4-3-6-15-12(17)10-5-7-14-11(9-10)13(18)19/h5,7,9H,3-4,6,8H2,1-2H3,(H,15,17)(H,18,19). The number of carboxylic acid groups (broad SMARTS) is 1. The molecule has 6 heteroatoms. The van der Waals surface area contributed by atoms with Crippen molar-refractivity contribution in [3.8, 4) is 0 Å². The zero-order valence-corrected chi connectivity index (χ0v) is 11.2. The van der Waals surface area contributed by atoms with Crippen LogP contribution in [-0.2, 0) is 0 Å². The highest BCUT2D eigenvalue weighted by Gasteiger charge is 2.09. The number of carboxylic acids is 1. The molecule has 0 aliphatic carbocycles. The second-order valence-electron chi connectivity index (χ2n) is 4.50. The molecule has 0 fully saturated rings. The van der Waals surface area contributed by atoms with Crippen molar-refractivity contribution >= 4 is 11.9 Å². The SMILES string of the molecule is CN(C)CCCCNC(=O)c1ccnc(C(=O)O)c1. The van der Waals surface area contributed by atoms with E-state index in [1.54, 1.807) is 0 Å². The van der Waals surface area contributed by atoms with Crippen molar-refractivity contribution in [2.24, 2.45) is 0 Å². The third-order valence-electron chi connectivity index (χ3n) is 2.56. The van der Waals surface area contributed by atoms with Crippen molar-refractivity contribution in [1.82, 2.24) is 15.2 Å². The van der Waals surface area contributed by atoms with Gasteiger partial charge in [-0.15, -0.1) is 0 Å². The summed E-state index contributed by atoms with van der Waals surface area (Å²) >= 11 is 0. The first-order chi connectivity index (χ1) is 9.00. The number of nitrogens with zero attached hydrogens (tertiary/aromatic N) is 2. The van der Waals surface area contributed by atoms with E-state index >= 15 is 0 Å². The van der Waals surface area contributed by atoms with Gasteiger partial charge in [0.25, 0.3) is 5.91 Å². The van der Waals surface area contributed by atoms with Crippen molar-refractivity contribution in [3.05, 3.63) is 29.6 Å². The number of pyridine rings is 1. The summed E-state index contributed by atoms with van der Waals surface area (Å²) in [7, 11) is 4.01. The summed E-state index contributed by atoms with van der Waals surface area (Å²) in [6.07, 6.45) is 3.22. The largest absolute Gasteiger partial charge is 0.477 e. The van der Waals surface area contributed by atoms with Gasteiger partial charge in [-0.2, -0.15) is 0 Å². The van der Waals surface area contributed by atoms with Gasteiger partial charge >= 0.3 is 5.97 Å². The van der Waals surface area contributed by atoms with Gasteiger partial charge in [0, 0.05) is 18.3 Å². The molecule has 1 rings (SSSR count). The summed E-state index contributed by atoms with van der Waals surface area (Å²) in [6.45, 7) is 1.56. The fourth-order valence-corrected chi connectivity index (χ4v) is 1.55. The molecule has 0 unspecified atom stereocenters. The van der Waals surface area contributed by atoms with Crippen LogP contribution in [0.1, 0.15) is 33.7 Å². The summed E-state index contributed by atoms with van der Waals surface area (Å²) in [5.74, 6) is -1.41. The lowest BCUT2D eigenvalue weighted by Gasteiger charge is -2.09. The van der Waals surface area contributed by atoms with E-state index in [9.17, 15) is 9.59 Å².